The van der Waals surface area contributed by atoms with Gasteiger partial charge in [-0.25, -0.2) is 0 Å². The SMILES string of the molecule is CCNC(=NCC1CCN(CCOC)CC1)N1CCC(Cc2ccccc2)C1. The molecule has 3 rings (SSSR count). The molecular weight excluding hydrogens is 348 g/mol. The Balaban J connectivity index is 1.47. The predicted molar refractivity (Wildman–Crippen MR) is 117 cm³/mol. The van der Waals surface area contributed by atoms with Crippen LogP contribution in [0.3, 0.4) is 0 Å². The molecule has 0 radical (unpaired) electrons. The van der Waals surface area contributed by atoms with Crippen LogP contribution in [-0.2, 0) is 11.2 Å². The standard InChI is InChI=1S/C23H38N4O/c1-3-24-23(25-18-21-9-12-26(13-10-21)15-16-28-2)27-14-11-22(19-27)17-20-7-5-4-6-8-20/h4-8,21-22H,3,9-19H2,1-2H3,(H,24,25). The average molecular weight is 387 g/mol. The van der Waals surface area contributed by atoms with Crippen LogP contribution in [-0.4, -0.2) is 75.3 Å². The van der Waals surface area contributed by atoms with E-state index >= 15 is 0 Å². The van der Waals surface area contributed by atoms with Gasteiger partial charge in [-0.15, -0.1) is 0 Å². The van der Waals surface area contributed by atoms with E-state index in [1.165, 1.54) is 44.3 Å². The molecule has 156 valence electrons. The van der Waals surface area contributed by atoms with Crippen LogP contribution in [0.4, 0.5) is 0 Å². The van der Waals surface area contributed by atoms with Gasteiger partial charge in [0, 0.05) is 39.8 Å². The number of methoxy groups -OCH3 is 1. The Morgan fingerprint density at radius 1 is 1.11 bits per heavy atom. The fourth-order valence-electron chi connectivity index (χ4n) is 4.39. The molecule has 28 heavy (non-hydrogen) atoms. The zero-order valence-electron chi connectivity index (χ0n) is 17.8. The number of nitrogens with one attached hydrogen (secondary N) is 1. The van der Waals surface area contributed by atoms with Crippen LogP contribution in [0, 0.1) is 11.8 Å². The van der Waals surface area contributed by atoms with Crippen LogP contribution in [0.25, 0.3) is 0 Å². The van der Waals surface area contributed by atoms with Crippen molar-refractivity contribution in [3.05, 3.63) is 35.9 Å². The second kappa shape index (κ2) is 11.4. The number of hydrogen-bond acceptors (Lipinski definition) is 3. The maximum absolute atomic E-state index is 5.20. The van der Waals surface area contributed by atoms with Crippen LogP contribution in [0.2, 0.25) is 0 Å². The third-order valence-corrected chi connectivity index (χ3v) is 6.11. The van der Waals surface area contributed by atoms with Crippen molar-refractivity contribution < 1.29 is 4.74 Å². The fourth-order valence-corrected chi connectivity index (χ4v) is 4.39. The first-order valence-electron chi connectivity index (χ1n) is 11.1. The highest BCUT2D eigenvalue weighted by Crippen LogP contribution is 2.22. The summed E-state index contributed by atoms with van der Waals surface area (Å²) >= 11 is 0. The molecule has 0 spiro atoms. The highest BCUT2D eigenvalue weighted by Gasteiger charge is 2.25. The lowest BCUT2D eigenvalue weighted by molar-refractivity contribution is 0.121. The average Bonchev–Trinajstić information content (AvgIpc) is 3.19. The summed E-state index contributed by atoms with van der Waals surface area (Å²) in [5, 5.41) is 3.53. The molecule has 5 heteroatoms. The molecule has 1 aromatic rings. The van der Waals surface area contributed by atoms with Gasteiger partial charge in [0.1, 0.15) is 0 Å². The molecule has 1 aromatic carbocycles. The van der Waals surface area contributed by atoms with Gasteiger partial charge in [-0.2, -0.15) is 0 Å². The number of nitrogens with zero attached hydrogens (tertiary/aromatic N) is 3. The first-order valence-corrected chi connectivity index (χ1v) is 11.1. The van der Waals surface area contributed by atoms with Gasteiger partial charge in [-0.3, -0.25) is 4.99 Å². The minimum Gasteiger partial charge on any atom is -0.383 e. The molecule has 2 saturated heterocycles. The van der Waals surface area contributed by atoms with Crippen LogP contribution in [0.5, 0.6) is 0 Å². The van der Waals surface area contributed by atoms with Gasteiger partial charge in [0.05, 0.1) is 6.61 Å². The third-order valence-electron chi connectivity index (χ3n) is 6.11. The summed E-state index contributed by atoms with van der Waals surface area (Å²) in [7, 11) is 1.78. The second-order valence-corrected chi connectivity index (χ2v) is 8.26. The van der Waals surface area contributed by atoms with E-state index in [0.717, 1.165) is 57.1 Å². The van der Waals surface area contributed by atoms with Gasteiger partial charge in [-0.1, -0.05) is 30.3 Å². The first kappa shape index (κ1) is 21.1. The lowest BCUT2D eigenvalue weighted by Gasteiger charge is -2.31. The third kappa shape index (κ3) is 6.49. The van der Waals surface area contributed by atoms with E-state index in [1.54, 1.807) is 7.11 Å². The van der Waals surface area contributed by atoms with Crippen LogP contribution >= 0.6 is 0 Å². The van der Waals surface area contributed by atoms with E-state index in [0.29, 0.717) is 0 Å². The molecule has 1 atom stereocenters. The number of hydrogen-bond donors (Lipinski definition) is 1. The Kier molecular flexibility index (Phi) is 8.62. The summed E-state index contributed by atoms with van der Waals surface area (Å²) in [6.07, 6.45) is 4.94. The van der Waals surface area contributed by atoms with E-state index in [4.69, 9.17) is 9.73 Å². The van der Waals surface area contributed by atoms with Gasteiger partial charge in [0.25, 0.3) is 0 Å². The van der Waals surface area contributed by atoms with E-state index in [1.807, 2.05) is 0 Å². The van der Waals surface area contributed by atoms with E-state index in [9.17, 15) is 0 Å². The number of ether oxygens (including phenoxy) is 1. The Labute approximate surface area is 171 Å². The minimum atomic E-state index is 0.718. The molecule has 2 aliphatic heterocycles. The number of benzene rings is 1. The predicted octanol–water partition coefficient (Wildman–Crippen LogP) is 2.87. The van der Waals surface area contributed by atoms with Gasteiger partial charge >= 0.3 is 0 Å². The number of rotatable bonds is 8. The highest BCUT2D eigenvalue weighted by molar-refractivity contribution is 5.80. The summed E-state index contributed by atoms with van der Waals surface area (Å²) in [6, 6.07) is 10.9. The van der Waals surface area contributed by atoms with Crippen molar-refractivity contribution in [2.24, 2.45) is 16.8 Å². The second-order valence-electron chi connectivity index (χ2n) is 8.26. The van der Waals surface area contributed by atoms with Crippen molar-refractivity contribution in [1.82, 2.24) is 15.1 Å². The summed E-state index contributed by atoms with van der Waals surface area (Å²) in [6.45, 7) is 10.6. The fraction of sp³-hybridized carbons (Fsp3) is 0.696. The van der Waals surface area contributed by atoms with Crippen molar-refractivity contribution >= 4 is 5.96 Å². The van der Waals surface area contributed by atoms with Crippen LogP contribution in [0.15, 0.2) is 35.3 Å². The molecule has 2 aliphatic rings. The zero-order valence-corrected chi connectivity index (χ0v) is 17.8. The molecule has 0 saturated carbocycles. The van der Waals surface area contributed by atoms with Gasteiger partial charge in [-0.05, 0) is 63.1 Å². The molecule has 1 unspecified atom stereocenters. The lowest BCUT2D eigenvalue weighted by Crippen LogP contribution is -2.41. The van der Waals surface area contributed by atoms with Gasteiger partial charge in [0.2, 0.25) is 0 Å². The Morgan fingerprint density at radius 2 is 1.86 bits per heavy atom. The van der Waals surface area contributed by atoms with Crippen LogP contribution < -0.4 is 5.32 Å². The Bertz CT molecular complexity index is 584. The number of guanidine groups is 1. The zero-order chi connectivity index (χ0) is 19.6. The molecule has 0 aromatic heterocycles. The van der Waals surface area contributed by atoms with Crippen molar-refractivity contribution in [2.75, 3.05) is 59.5 Å². The minimum absolute atomic E-state index is 0.718. The number of likely N-dealkylation sites (tertiary alicyclic amines) is 2. The maximum Gasteiger partial charge on any atom is 0.193 e. The quantitative estimate of drug-likeness (QED) is 0.551. The summed E-state index contributed by atoms with van der Waals surface area (Å²) in [4.78, 5) is 10.0. The lowest BCUT2D eigenvalue weighted by atomic mass is 9.97. The summed E-state index contributed by atoms with van der Waals surface area (Å²) < 4.78 is 5.20. The molecule has 0 bridgehead atoms. The van der Waals surface area contributed by atoms with E-state index in [-0.39, 0.29) is 0 Å². The maximum atomic E-state index is 5.20. The van der Waals surface area contributed by atoms with Crippen molar-refractivity contribution in [2.45, 2.75) is 32.6 Å². The van der Waals surface area contributed by atoms with Gasteiger partial charge in [0.15, 0.2) is 5.96 Å². The normalized spacial score (nSPS) is 22.0. The Morgan fingerprint density at radius 3 is 2.57 bits per heavy atom. The van der Waals surface area contributed by atoms with E-state index < -0.39 is 0 Å². The first-order chi connectivity index (χ1) is 13.8. The van der Waals surface area contributed by atoms with Crippen molar-refractivity contribution in [3.8, 4) is 0 Å². The smallest absolute Gasteiger partial charge is 0.193 e. The summed E-state index contributed by atoms with van der Waals surface area (Å²) in [5.74, 6) is 2.57. The number of piperidine rings is 1. The molecule has 2 fully saturated rings. The molecule has 5 nitrogen and oxygen atoms in total. The van der Waals surface area contributed by atoms with E-state index in [2.05, 4.69) is 52.4 Å². The topological polar surface area (TPSA) is 40.1 Å². The Hall–Kier alpha value is -1.59. The molecule has 0 aliphatic carbocycles. The highest BCUT2D eigenvalue weighted by atomic mass is 16.5. The molecule has 0 amide bonds. The molecule has 2 heterocycles. The summed E-state index contributed by atoms with van der Waals surface area (Å²) in [5.41, 5.74) is 1.46. The van der Waals surface area contributed by atoms with Gasteiger partial charge < -0.3 is 19.9 Å². The van der Waals surface area contributed by atoms with Crippen molar-refractivity contribution in [1.29, 1.82) is 0 Å². The van der Waals surface area contributed by atoms with Crippen molar-refractivity contribution in [3.63, 3.8) is 0 Å². The monoisotopic (exact) mass is 386 g/mol. The number of aliphatic imine (C=N–C) groups is 1. The molecule has 1 N–H and O–H groups in total. The molecular formula is C23H38N4O. The largest absolute Gasteiger partial charge is 0.383 e. The van der Waals surface area contributed by atoms with Crippen LogP contribution in [0.1, 0.15) is 31.7 Å².